The summed E-state index contributed by atoms with van der Waals surface area (Å²) in [5.74, 6) is 1.30. The predicted octanol–water partition coefficient (Wildman–Crippen LogP) is 4.84. The van der Waals surface area contributed by atoms with Crippen LogP contribution in [0.5, 0.6) is 0 Å². The van der Waals surface area contributed by atoms with Crippen LogP contribution in [0.1, 0.15) is 28.2 Å². The van der Waals surface area contributed by atoms with E-state index >= 15 is 0 Å². The Kier molecular flexibility index (Phi) is 6.29. The molecule has 4 aromatic rings. The average Bonchev–Trinajstić information content (AvgIpc) is 3.21. The summed E-state index contributed by atoms with van der Waals surface area (Å²) in [6.07, 6.45) is 1.98. The quantitative estimate of drug-likeness (QED) is 0.368. The van der Waals surface area contributed by atoms with Crippen LogP contribution in [0.15, 0.2) is 54.9 Å². The molecule has 4 rings (SSSR count). The molecule has 0 atom stereocenters. The van der Waals surface area contributed by atoms with Crippen LogP contribution in [0.4, 0.5) is 30.9 Å². The number of H-pyrrole nitrogens is 1. The highest BCUT2D eigenvalue weighted by molar-refractivity contribution is 5.68. The summed E-state index contributed by atoms with van der Waals surface area (Å²) in [6, 6.07) is 10.5. The van der Waals surface area contributed by atoms with E-state index in [1.807, 2.05) is 19.1 Å². The molecule has 3 N–H and O–H groups in total. The van der Waals surface area contributed by atoms with Gasteiger partial charge in [-0.25, -0.2) is 0 Å². The lowest BCUT2D eigenvalue weighted by molar-refractivity contribution is -0.137. The fraction of sp³-hybridized carbons (Fsp3) is 0.136. The smallest absolute Gasteiger partial charge is 0.350 e. The van der Waals surface area contributed by atoms with Crippen molar-refractivity contribution in [1.29, 1.82) is 0 Å². The highest BCUT2D eigenvalue weighted by Gasteiger charge is 2.30. The maximum atomic E-state index is 13.0. The molecule has 11 heteroatoms. The number of hydrogen-bond acceptors (Lipinski definition) is 7. The fourth-order valence-electron chi connectivity index (χ4n) is 2.87. The molecule has 8 nitrogen and oxygen atoms in total. The summed E-state index contributed by atoms with van der Waals surface area (Å²) in [4.78, 5) is 17.0. The number of pyridine rings is 1. The first kappa shape index (κ1) is 21.9. The summed E-state index contributed by atoms with van der Waals surface area (Å²) in [7, 11) is 0. The van der Waals surface area contributed by atoms with Gasteiger partial charge < -0.3 is 10.6 Å². The predicted molar refractivity (Wildman–Crippen MR) is 118 cm³/mol. The number of hydrogen-bond donors (Lipinski definition) is 3. The van der Waals surface area contributed by atoms with Gasteiger partial charge in [-0.3, -0.25) is 10.1 Å². The van der Waals surface area contributed by atoms with E-state index in [1.54, 1.807) is 24.5 Å². The van der Waals surface area contributed by atoms with Crippen molar-refractivity contribution in [3.63, 3.8) is 0 Å². The summed E-state index contributed by atoms with van der Waals surface area (Å²) in [6.45, 7) is 2.31. The minimum absolute atomic E-state index is 0.234. The van der Waals surface area contributed by atoms with Crippen molar-refractivity contribution in [2.45, 2.75) is 19.6 Å². The Balaban J connectivity index is 1.60. The van der Waals surface area contributed by atoms with Crippen molar-refractivity contribution < 1.29 is 13.2 Å². The van der Waals surface area contributed by atoms with Crippen LogP contribution >= 0.6 is 0 Å². The molecule has 168 valence electrons. The first-order valence-corrected chi connectivity index (χ1v) is 9.88. The minimum atomic E-state index is -4.42. The zero-order valence-corrected chi connectivity index (χ0v) is 17.4. The van der Waals surface area contributed by atoms with Gasteiger partial charge in [0.15, 0.2) is 11.6 Å². The van der Waals surface area contributed by atoms with Crippen LogP contribution in [-0.4, -0.2) is 30.1 Å². The third-order valence-corrected chi connectivity index (χ3v) is 4.44. The van der Waals surface area contributed by atoms with Gasteiger partial charge in [0, 0.05) is 30.7 Å². The number of aryl methyl sites for hydroxylation is 1. The molecule has 33 heavy (non-hydrogen) atoms. The third kappa shape index (κ3) is 6.12. The van der Waals surface area contributed by atoms with E-state index in [0.29, 0.717) is 23.9 Å². The van der Waals surface area contributed by atoms with E-state index < -0.39 is 11.7 Å². The van der Waals surface area contributed by atoms with Crippen LogP contribution in [-0.2, 0) is 12.7 Å². The third-order valence-electron chi connectivity index (χ3n) is 4.44. The number of halogens is 3. The Morgan fingerprint density at radius 1 is 0.970 bits per heavy atom. The van der Waals surface area contributed by atoms with Crippen molar-refractivity contribution in [1.82, 2.24) is 30.1 Å². The Bertz CT molecular complexity index is 1250. The molecule has 0 aliphatic carbocycles. The van der Waals surface area contributed by atoms with Gasteiger partial charge in [-0.05, 0) is 48.4 Å². The van der Waals surface area contributed by atoms with E-state index in [2.05, 4.69) is 40.8 Å². The van der Waals surface area contributed by atoms with Gasteiger partial charge in [-0.2, -0.15) is 33.2 Å². The van der Waals surface area contributed by atoms with Crippen LogP contribution in [0.2, 0.25) is 0 Å². The lowest BCUT2D eigenvalue weighted by Gasteiger charge is -2.08. The second kappa shape index (κ2) is 9.47. The Morgan fingerprint density at radius 2 is 1.76 bits per heavy atom. The molecule has 0 aliphatic rings. The molecule has 0 saturated carbocycles. The first-order valence-electron chi connectivity index (χ1n) is 9.88. The van der Waals surface area contributed by atoms with Gasteiger partial charge in [0.05, 0.1) is 5.56 Å². The number of rotatable bonds is 7. The average molecular weight is 452 g/mol. The van der Waals surface area contributed by atoms with Gasteiger partial charge >= 0.3 is 6.18 Å². The normalized spacial score (nSPS) is 11.6. The van der Waals surface area contributed by atoms with Gasteiger partial charge in [-0.1, -0.05) is 18.2 Å². The lowest BCUT2D eigenvalue weighted by atomic mass is 10.1. The van der Waals surface area contributed by atoms with E-state index in [0.717, 1.165) is 23.4 Å². The second-order valence-electron chi connectivity index (χ2n) is 7.07. The summed E-state index contributed by atoms with van der Waals surface area (Å²) < 4.78 is 39.0. The summed E-state index contributed by atoms with van der Waals surface area (Å²) >= 11 is 0. The number of alkyl halides is 3. The van der Waals surface area contributed by atoms with Crippen LogP contribution < -0.4 is 10.6 Å². The van der Waals surface area contributed by atoms with Crippen molar-refractivity contribution in [3.05, 3.63) is 83.1 Å². The maximum absolute atomic E-state index is 13.0. The molecule has 3 aromatic heterocycles. The topological polar surface area (TPSA) is 104 Å². The van der Waals surface area contributed by atoms with Crippen LogP contribution in [0.25, 0.3) is 12.2 Å². The highest BCUT2D eigenvalue weighted by atomic mass is 19.4. The number of anilines is 3. The Labute approximate surface area is 187 Å². The summed E-state index contributed by atoms with van der Waals surface area (Å²) in [5.41, 5.74) is 1.47. The minimum Gasteiger partial charge on any atom is -0.350 e. The molecule has 0 unspecified atom stereocenters. The molecule has 3 heterocycles. The van der Waals surface area contributed by atoms with Crippen LogP contribution in [0.3, 0.4) is 0 Å². The van der Waals surface area contributed by atoms with Crippen molar-refractivity contribution in [2.75, 3.05) is 10.6 Å². The second-order valence-corrected chi connectivity index (χ2v) is 7.07. The Morgan fingerprint density at radius 3 is 2.48 bits per heavy atom. The van der Waals surface area contributed by atoms with Crippen molar-refractivity contribution in [2.24, 2.45) is 0 Å². The molecule has 0 aliphatic heterocycles. The highest BCUT2D eigenvalue weighted by Crippen LogP contribution is 2.29. The molecule has 1 aromatic carbocycles. The van der Waals surface area contributed by atoms with E-state index in [9.17, 15) is 13.2 Å². The number of benzene rings is 1. The standard InChI is InChI=1S/C22H19F3N8/c1-14-11-19(33-32-14)30-21-29-18(6-5-15-3-2-4-17(12-15)22(23,24)25)28-20(31-21)27-13-16-7-9-26-10-8-16/h2-12H,13H2,1H3,(H3,27,28,29,30,31,32,33)/b6-5+. The molecule has 0 radical (unpaired) electrons. The van der Waals surface area contributed by atoms with Gasteiger partial charge in [-0.15, -0.1) is 0 Å². The SMILES string of the molecule is Cc1cc(Nc2nc(/C=C/c3cccc(C(F)(F)F)c3)nc(NCc3ccncc3)n2)n[nH]1. The maximum Gasteiger partial charge on any atom is 0.416 e. The molecule has 0 bridgehead atoms. The molecular formula is C22H19F3N8. The van der Waals surface area contributed by atoms with Gasteiger partial charge in [0.2, 0.25) is 11.9 Å². The van der Waals surface area contributed by atoms with E-state index in [4.69, 9.17) is 0 Å². The summed E-state index contributed by atoms with van der Waals surface area (Å²) in [5, 5.41) is 13.0. The molecule has 0 saturated heterocycles. The fourth-order valence-corrected chi connectivity index (χ4v) is 2.87. The Hall–Kier alpha value is -4.28. The zero-order valence-electron chi connectivity index (χ0n) is 17.4. The zero-order chi connectivity index (χ0) is 23.3. The molecular weight excluding hydrogens is 433 g/mol. The van der Waals surface area contributed by atoms with Gasteiger partial charge in [0.1, 0.15) is 0 Å². The number of aromatic nitrogens is 6. The number of nitrogens with zero attached hydrogens (tertiary/aromatic N) is 5. The first-order chi connectivity index (χ1) is 15.8. The number of nitrogens with one attached hydrogen (secondary N) is 3. The van der Waals surface area contributed by atoms with Crippen molar-refractivity contribution in [3.8, 4) is 0 Å². The number of aromatic amines is 1. The molecule has 0 fully saturated rings. The molecule has 0 spiro atoms. The van der Waals surface area contributed by atoms with Crippen LogP contribution in [0, 0.1) is 6.92 Å². The molecule has 0 amide bonds. The van der Waals surface area contributed by atoms with Gasteiger partial charge in [0.25, 0.3) is 0 Å². The monoisotopic (exact) mass is 452 g/mol. The van der Waals surface area contributed by atoms with Crippen molar-refractivity contribution >= 4 is 29.9 Å². The van der Waals surface area contributed by atoms with E-state index in [-0.39, 0.29) is 11.8 Å². The largest absolute Gasteiger partial charge is 0.416 e. The van der Waals surface area contributed by atoms with E-state index in [1.165, 1.54) is 18.2 Å². The lowest BCUT2D eigenvalue weighted by Crippen LogP contribution is -2.08.